The lowest BCUT2D eigenvalue weighted by molar-refractivity contribution is 0.691. The summed E-state index contributed by atoms with van der Waals surface area (Å²) < 4.78 is 0. The highest BCUT2D eigenvalue weighted by Gasteiger charge is 2.00. The van der Waals surface area contributed by atoms with Gasteiger partial charge >= 0.3 is 0 Å². The van der Waals surface area contributed by atoms with E-state index >= 15 is 0 Å². The molecule has 0 bridgehead atoms. The molecule has 1 heterocycles. The second kappa shape index (κ2) is 5.98. The van der Waals surface area contributed by atoms with Gasteiger partial charge in [0.2, 0.25) is 0 Å². The minimum absolute atomic E-state index is 0.640. The first-order valence-corrected chi connectivity index (χ1v) is 6.94. The van der Waals surface area contributed by atoms with Gasteiger partial charge in [0.1, 0.15) is 0 Å². The molecule has 3 nitrogen and oxygen atoms in total. The van der Waals surface area contributed by atoms with Crippen LogP contribution in [0.3, 0.4) is 0 Å². The van der Waals surface area contributed by atoms with Gasteiger partial charge in [0.25, 0.3) is 0 Å². The summed E-state index contributed by atoms with van der Waals surface area (Å²) in [6.07, 6.45) is 2.89. The molecule has 0 saturated carbocycles. The fourth-order valence-electron chi connectivity index (χ4n) is 1.97. The minimum atomic E-state index is 0.640. The highest BCUT2D eigenvalue weighted by Crippen LogP contribution is 2.14. The lowest BCUT2D eigenvalue weighted by atomic mass is 10.0. The number of rotatable bonds is 5. The number of benzene rings is 1. The molecule has 0 fully saturated rings. The Bertz CT molecular complexity index is 520. The fraction of sp³-hybridized carbons (Fsp3) is 0.357. The van der Waals surface area contributed by atoms with E-state index in [1.54, 1.807) is 11.3 Å². The average Bonchev–Trinajstić information content (AvgIpc) is 2.73. The van der Waals surface area contributed by atoms with Crippen molar-refractivity contribution >= 4 is 16.5 Å². The van der Waals surface area contributed by atoms with Crippen LogP contribution in [0.15, 0.2) is 24.4 Å². The maximum Gasteiger partial charge on any atom is 0.180 e. The second-order valence-electron chi connectivity index (χ2n) is 4.52. The molecule has 1 aromatic carbocycles. The number of hydrogen-bond donors (Lipinski definition) is 2. The molecule has 1 aromatic heterocycles. The quantitative estimate of drug-likeness (QED) is 0.814. The summed E-state index contributed by atoms with van der Waals surface area (Å²) in [6.45, 7) is 6.12. The summed E-state index contributed by atoms with van der Waals surface area (Å²) in [7, 11) is 0. The van der Waals surface area contributed by atoms with Crippen LogP contribution in [0.1, 0.15) is 21.6 Å². The van der Waals surface area contributed by atoms with Gasteiger partial charge in [-0.15, -0.1) is 11.3 Å². The molecule has 0 unspecified atom stereocenters. The SMILES string of the molecule is Cc1ccc(CCNCc2cnc(N)s2)c(C)c1. The number of nitrogens with zero attached hydrogens (tertiary/aromatic N) is 1. The van der Waals surface area contributed by atoms with Crippen LogP contribution < -0.4 is 11.1 Å². The molecule has 0 saturated heterocycles. The van der Waals surface area contributed by atoms with Crippen molar-refractivity contribution in [3.63, 3.8) is 0 Å². The predicted molar refractivity (Wildman–Crippen MR) is 77.9 cm³/mol. The molecule has 18 heavy (non-hydrogen) atoms. The number of hydrogen-bond acceptors (Lipinski definition) is 4. The molecule has 3 N–H and O–H groups in total. The highest BCUT2D eigenvalue weighted by molar-refractivity contribution is 7.15. The number of nitrogens with one attached hydrogen (secondary N) is 1. The molecule has 0 atom stereocenters. The van der Waals surface area contributed by atoms with Gasteiger partial charge in [-0.2, -0.15) is 0 Å². The average molecular weight is 261 g/mol. The second-order valence-corrected chi connectivity index (χ2v) is 5.67. The number of thiazole rings is 1. The Morgan fingerprint density at radius 1 is 1.33 bits per heavy atom. The van der Waals surface area contributed by atoms with E-state index < -0.39 is 0 Å². The summed E-state index contributed by atoms with van der Waals surface area (Å²) in [5.41, 5.74) is 9.70. The van der Waals surface area contributed by atoms with Gasteiger partial charge in [-0.25, -0.2) is 4.98 Å². The van der Waals surface area contributed by atoms with Gasteiger partial charge in [0, 0.05) is 17.6 Å². The molecule has 2 aromatic rings. The fourth-order valence-corrected chi connectivity index (χ4v) is 2.62. The number of anilines is 1. The zero-order valence-corrected chi connectivity index (χ0v) is 11.7. The van der Waals surface area contributed by atoms with Crippen molar-refractivity contribution in [2.45, 2.75) is 26.8 Å². The van der Waals surface area contributed by atoms with Gasteiger partial charge in [0.15, 0.2) is 5.13 Å². The van der Waals surface area contributed by atoms with Gasteiger partial charge in [-0.1, -0.05) is 23.8 Å². The standard InChI is InChI=1S/C14H19N3S/c1-10-3-4-12(11(2)7-10)5-6-16-8-13-9-17-14(15)18-13/h3-4,7,9,16H,5-6,8H2,1-2H3,(H2,15,17). The van der Waals surface area contributed by atoms with Crippen molar-refractivity contribution in [2.24, 2.45) is 0 Å². The summed E-state index contributed by atoms with van der Waals surface area (Å²) in [4.78, 5) is 5.22. The van der Waals surface area contributed by atoms with Crippen LogP contribution in [0.4, 0.5) is 5.13 Å². The Morgan fingerprint density at radius 2 is 2.17 bits per heavy atom. The van der Waals surface area contributed by atoms with E-state index in [9.17, 15) is 0 Å². The van der Waals surface area contributed by atoms with E-state index in [0.717, 1.165) is 19.5 Å². The smallest absolute Gasteiger partial charge is 0.180 e. The molecule has 4 heteroatoms. The van der Waals surface area contributed by atoms with Crippen LogP contribution >= 0.6 is 11.3 Å². The van der Waals surface area contributed by atoms with Crippen molar-refractivity contribution in [1.82, 2.24) is 10.3 Å². The van der Waals surface area contributed by atoms with Crippen LogP contribution in [-0.2, 0) is 13.0 Å². The Balaban J connectivity index is 1.78. The maximum atomic E-state index is 5.59. The lowest BCUT2D eigenvalue weighted by Crippen LogP contribution is -2.16. The zero-order valence-electron chi connectivity index (χ0n) is 10.9. The van der Waals surface area contributed by atoms with Gasteiger partial charge < -0.3 is 11.1 Å². The van der Waals surface area contributed by atoms with Gasteiger partial charge in [0.05, 0.1) is 0 Å². The summed E-state index contributed by atoms with van der Waals surface area (Å²) >= 11 is 1.54. The molecule has 0 aliphatic heterocycles. The topological polar surface area (TPSA) is 50.9 Å². The van der Waals surface area contributed by atoms with Crippen LogP contribution in [0.5, 0.6) is 0 Å². The molecular formula is C14H19N3S. The number of nitrogen functional groups attached to an aromatic ring is 1. The first kappa shape index (κ1) is 13.1. The number of nitrogens with two attached hydrogens (primary N) is 1. The van der Waals surface area contributed by atoms with Crippen molar-refractivity contribution < 1.29 is 0 Å². The minimum Gasteiger partial charge on any atom is -0.375 e. The molecule has 0 spiro atoms. The first-order chi connectivity index (χ1) is 8.65. The number of aryl methyl sites for hydroxylation is 2. The Hall–Kier alpha value is -1.39. The third-order valence-corrected chi connectivity index (χ3v) is 3.77. The van der Waals surface area contributed by atoms with Gasteiger partial charge in [-0.05, 0) is 37.9 Å². The van der Waals surface area contributed by atoms with E-state index in [-0.39, 0.29) is 0 Å². The van der Waals surface area contributed by atoms with E-state index in [2.05, 4.69) is 42.3 Å². The van der Waals surface area contributed by atoms with Crippen molar-refractivity contribution in [2.75, 3.05) is 12.3 Å². The van der Waals surface area contributed by atoms with Crippen LogP contribution in [0, 0.1) is 13.8 Å². The first-order valence-electron chi connectivity index (χ1n) is 6.12. The lowest BCUT2D eigenvalue weighted by Gasteiger charge is -2.07. The monoisotopic (exact) mass is 261 g/mol. The third-order valence-electron chi connectivity index (χ3n) is 2.94. The maximum absolute atomic E-state index is 5.59. The van der Waals surface area contributed by atoms with Crippen molar-refractivity contribution in [3.8, 4) is 0 Å². The zero-order chi connectivity index (χ0) is 13.0. The summed E-state index contributed by atoms with van der Waals surface area (Å²) in [5, 5.41) is 4.06. The molecule has 0 aliphatic carbocycles. The Kier molecular flexibility index (Phi) is 4.33. The van der Waals surface area contributed by atoms with E-state index in [1.807, 2.05) is 6.20 Å². The molecular weight excluding hydrogens is 242 g/mol. The summed E-state index contributed by atoms with van der Waals surface area (Å²) in [5.74, 6) is 0. The van der Waals surface area contributed by atoms with Crippen molar-refractivity contribution in [3.05, 3.63) is 46.0 Å². The Labute approximate surface area is 112 Å². The predicted octanol–water partition coefficient (Wildman–Crippen LogP) is 2.67. The number of aromatic nitrogens is 1. The van der Waals surface area contributed by atoms with E-state index in [1.165, 1.54) is 21.6 Å². The van der Waals surface area contributed by atoms with E-state index in [4.69, 9.17) is 5.73 Å². The van der Waals surface area contributed by atoms with Crippen molar-refractivity contribution in [1.29, 1.82) is 0 Å². The summed E-state index contributed by atoms with van der Waals surface area (Å²) in [6, 6.07) is 6.63. The largest absolute Gasteiger partial charge is 0.375 e. The van der Waals surface area contributed by atoms with Crippen LogP contribution in [0.25, 0.3) is 0 Å². The highest BCUT2D eigenvalue weighted by atomic mass is 32.1. The van der Waals surface area contributed by atoms with E-state index in [0.29, 0.717) is 5.13 Å². The molecule has 0 aliphatic rings. The third kappa shape index (κ3) is 3.55. The van der Waals surface area contributed by atoms with Crippen LogP contribution in [-0.4, -0.2) is 11.5 Å². The van der Waals surface area contributed by atoms with Gasteiger partial charge in [-0.3, -0.25) is 0 Å². The normalized spacial score (nSPS) is 10.8. The molecule has 96 valence electrons. The molecule has 0 radical (unpaired) electrons. The Morgan fingerprint density at radius 3 is 2.83 bits per heavy atom. The molecule has 0 amide bonds. The molecule has 2 rings (SSSR count). The van der Waals surface area contributed by atoms with Crippen LogP contribution in [0.2, 0.25) is 0 Å².